The summed E-state index contributed by atoms with van der Waals surface area (Å²) in [5.41, 5.74) is 2.73. The van der Waals surface area contributed by atoms with Gasteiger partial charge in [-0.05, 0) is 12.1 Å². The number of aliphatic imine (C=N–C) groups is 1. The van der Waals surface area contributed by atoms with Crippen LogP contribution in [0.25, 0.3) is 16.3 Å². The van der Waals surface area contributed by atoms with Crippen molar-refractivity contribution in [3.8, 4) is 22.0 Å². The SMILES string of the molecule is COc1ccccc1C=Nc1nc(-c2ccccc2)c(-n2cncn2)s1. The third kappa shape index (κ3) is 3.25. The van der Waals surface area contributed by atoms with E-state index in [1.165, 1.54) is 17.7 Å². The molecule has 2 aromatic carbocycles. The number of para-hydroxylation sites is 1. The van der Waals surface area contributed by atoms with Crippen molar-refractivity contribution in [2.24, 2.45) is 4.99 Å². The van der Waals surface area contributed by atoms with Crippen molar-refractivity contribution in [1.29, 1.82) is 0 Å². The van der Waals surface area contributed by atoms with Crippen molar-refractivity contribution in [1.82, 2.24) is 19.7 Å². The Hall–Kier alpha value is -3.32. The maximum Gasteiger partial charge on any atom is 0.211 e. The summed E-state index contributed by atoms with van der Waals surface area (Å²) in [6.07, 6.45) is 4.93. The van der Waals surface area contributed by atoms with Gasteiger partial charge in [-0.25, -0.2) is 19.6 Å². The smallest absolute Gasteiger partial charge is 0.211 e. The molecule has 4 aromatic rings. The molecule has 0 fully saturated rings. The average Bonchev–Trinajstić information content (AvgIpc) is 3.37. The maximum atomic E-state index is 5.36. The van der Waals surface area contributed by atoms with Crippen LogP contribution < -0.4 is 4.74 Å². The zero-order chi connectivity index (χ0) is 17.8. The number of aromatic nitrogens is 4. The normalized spacial score (nSPS) is 11.1. The molecule has 0 spiro atoms. The first-order valence-electron chi connectivity index (χ1n) is 7.93. The number of hydrogen-bond acceptors (Lipinski definition) is 6. The highest BCUT2D eigenvalue weighted by Gasteiger charge is 2.15. The Bertz CT molecular complexity index is 1030. The molecule has 0 aliphatic rings. The molecule has 0 saturated carbocycles. The number of rotatable bonds is 5. The molecule has 6 nitrogen and oxygen atoms in total. The van der Waals surface area contributed by atoms with Crippen molar-refractivity contribution in [3.05, 3.63) is 72.8 Å². The Balaban J connectivity index is 1.75. The molecular weight excluding hydrogens is 346 g/mol. The summed E-state index contributed by atoms with van der Waals surface area (Å²) in [7, 11) is 1.65. The Labute approximate surface area is 154 Å². The zero-order valence-corrected chi connectivity index (χ0v) is 14.8. The predicted molar refractivity (Wildman–Crippen MR) is 103 cm³/mol. The standard InChI is InChI=1S/C19H15N5OS/c1-25-16-10-6-5-9-15(16)11-21-19-23-17(14-7-3-2-4-8-14)18(26-19)24-13-20-12-22-24/h2-13H,1H3. The first-order chi connectivity index (χ1) is 12.8. The predicted octanol–water partition coefficient (Wildman–Crippen LogP) is 4.15. The zero-order valence-electron chi connectivity index (χ0n) is 14.0. The number of hydrogen-bond donors (Lipinski definition) is 0. The lowest BCUT2D eigenvalue weighted by molar-refractivity contribution is 0.414. The fourth-order valence-electron chi connectivity index (χ4n) is 2.51. The molecule has 0 amide bonds. The van der Waals surface area contributed by atoms with Gasteiger partial charge < -0.3 is 4.74 Å². The summed E-state index contributed by atoms with van der Waals surface area (Å²) in [5.74, 6) is 0.771. The maximum absolute atomic E-state index is 5.36. The molecular formula is C19H15N5OS. The van der Waals surface area contributed by atoms with E-state index in [0.29, 0.717) is 5.13 Å². The van der Waals surface area contributed by atoms with E-state index >= 15 is 0 Å². The van der Waals surface area contributed by atoms with Crippen molar-refractivity contribution in [2.45, 2.75) is 0 Å². The molecule has 7 heteroatoms. The van der Waals surface area contributed by atoms with Gasteiger partial charge >= 0.3 is 0 Å². The second-order valence-corrected chi connectivity index (χ2v) is 6.31. The molecule has 26 heavy (non-hydrogen) atoms. The Morgan fingerprint density at radius 3 is 2.65 bits per heavy atom. The van der Waals surface area contributed by atoms with Crippen LogP contribution in [0, 0.1) is 0 Å². The quantitative estimate of drug-likeness (QED) is 0.501. The highest BCUT2D eigenvalue weighted by Crippen LogP contribution is 2.35. The van der Waals surface area contributed by atoms with Crippen LogP contribution in [-0.4, -0.2) is 33.1 Å². The van der Waals surface area contributed by atoms with Gasteiger partial charge in [-0.2, -0.15) is 5.10 Å². The molecule has 128 valence electrons. The second-order valence-electron chi connectivity index (χ2n) is 5.36. The van der Waals surface area contributed by atoms with Gasteiger partial charge in [-0.3, -0.25) is 0 Å². The topological polar surface area (TPSA) is 65.2 Å². The number of nitrogens with zero attached hydrogens (tertiary/aromatic N) is 5. The lowest BCUT2D eigenvalue weighted by Crippen LogP contribution is -1.93. The van der Waals surface area contributed by atoms with E-state index < -0.39 is 0 Å². The lowest BCUT2D eigenvalue weighted by Gasteiger charge is -2.02. The van der Waals surface area contributed by atoms with E-state index in [1.807, 2.05) is 54.6 Å². The van der Waals surface area contributed by atoms with Gasteiger partial charge in [-0.15, -0.1) is 0 Å². The second kappa shape index (κ2) is 7.28. The first-order valence-corrected chi connectivity index (χ1v) is 8.75. The van der Waals surface area contributed by atoms with E-state index in [-0.39, 0.29) is 0 Å². The molecule has 0 atom stereocenters. The molecule has 0 radical (unpaired) electrons. The minimum atomic E-state index is 0.639. The minimum Gasteiger partial charge on any atom is -0.496 e. The van der Waals surface area contributed by atoms with Crippen LogP contribution in [0.4, 0.5) is 5.13 Å². The largest absolute Gasteiger partial charge is 0.496 e. The Morgan fingerprint density at radius 2 is 1.88 bits per heavy atom. The molecule has 2 aromatic heterocycles. The molecule has 0 aliphatic heterocycles. The summed E-state index contributed by atoms with van der Waals surface area (Å²) >= 11 is 1.46. The van der Waals surface area contributed by atoms with Crippen molar-refractivity contribution in [3.63, 3.8) is 0 Å². The average molecular weight is 361 g/mol. The monoisotopic (exact) mass is 361 g/mol. The summed E-state index contributed by atoms with van der Waals surface area (Å²) in [6.45, 7) is 0. The van der Waals surface area contributed by atoms with E-state index in [0.717, 1.165) is 27.6 Å². The third-order valence-corrected chi connectivity index (χ3v) is 4.68. The van der Waals surface area contributed by atoms with Crippen LogP contribution in [0.15, 0.2) is 72.2 Å². The van der Waals surface area contributed by atoms with E-state index in [4.69, 9.17) is 9.72 Å². The van der Waals surface area contributed by atoms with Crippen molar-refractivity contribution >= 4 is 22.7 Å². The van der Waals surface area contributed by atoms with E-state index in [1.54, 1.807) is 24.3 Å². The summed E-state index contributed by atoms with van der Waals surface area (Å²) in [6, 6.07) is 17.7. The van der Waals surface area contributed by atoms with Crippen LogP contribution >= 0.6 is 11.3 Å². The molecule has 0 unspecified atom stereocenters. The number of ether oxygens (including phenoxy) is 1. The van der Waals surface area contributed by atoms with Crippen molar-refractivity contribution in [2.75, 3.05) is 7.11 Å². The number of thiazole rings is 1. The van der Waals surface area contributed by atoms with Gasteiger partial charge in [0.1, 0.15) is 29.1 Å². The molecule has 0 aliphatic carbocycles. The van der Waals surface area contributed by atoms with Crippen LogP contribution in [0.3, 0.4) is 0 Å². The Kier molecular flexibility index (Phi) is 4.53. The summed E-state index contributed by atoms with van der Waals surface area (Å²) in [4.78, 5) is 13.3. The third-order valence-electron chi connectivity index (χ3n) is 3.73. The summed E-state index contributed by atoms with van der Waals surface area (Å²) in [5, 5.41) is 5.75. The van der Waals surface area contributed by atoms with Crippen LogP contribution in [0.1, 0.15) is 5.56 Å². The van der Waals surface area contributed by atoms with E-state index in [2.05, 4.69) is 15.1 Å². The van der Waals surface area contributed by atoms with Gasteiger partial charge in [0.25, 0.3) is 0 Å². The molecule has 0 saturated heterocycles. The van der Waals surface area contributed by atoms with Gasteiger partial charge in [0.2, 0.25) is 5.13 Å². The minimum absolute atomic E-state index is 0.639. The van der Waals surface area contributed by atoms with E-state index in [9.17, 15) is 0 Å². The number of benzene rings is 2. The lowest BCUT2D eigenvalue weighted by atomic mass is 10.2. The fourth-order valence-corrected chi connectivity index (χ4v) is 3.37. The Morgan fingerprint density at radius 1 is 1.08 bits per heavy atom. The van der Waals surface area contributed by atoms with Crippen LogP contribution in [0.5, 0.6) is 5.75 Å². The van der Waals surface area contributed by atoms with Crippen LogP contribution in [0.2, 0.25) is 0 Å². The highest BCUT2D eigenvalue weighted by atomic mass is 32.1. The number of methoxy groups -OCH3 is 1. The molecule has 0 bridgehead atoms. The molecule has 4 rings (SSSR count). The van der Waals surface area contributed by atoms with Gasteiger partial charge in [0.15, 0.2) is 0 Å². The van der Waals surface area contributed by atoms with Gasteiger partial charge in [0, 0.05) is 17.3 Å². The van der Waals surface area contributed by atoms with Crippen molar-refractivity contribution < 1.29 is 4.74 Å². The van der Waals surface area contributed by atoms with Crippen LogP contribution in [-0.2, 0) is 0 Å². The first kappa shape index (κ1) is 16.2. The summed E-state index contributed by atoms with van der Waals surface area (Å²) < 4.78 is 7.07. The highest BCUT2D eigenvalue weighted by molar-refractivity contribution is 7.18. The molecule has 2 heterocycles. The van der Waals surface area contributed by atoms with Gasteiger partial charge in [-0.1, -0.05) is 53.8 Å². The molecule has 0 N–H and O–H groups in total. The van der Waals surface area contributed by atoms with Gasteiger partial charge in [0.05, 0.1) is 7.11 Å². The fraction of sp³-hybridized carbons (Fsp3) is 0.0526.